The highest BCUT2D eigenvalue weighted by atomic mass is 127. The summed E-state index contributed by atoms with van der Waals surface area (Å²) >= 11 is 6.55. The number of ether oxygens (including phenoxy) is 2. The molecule has 2 aliphatic rings. The van der Waals surface area contributed by atoms with E-state index in [0.717, 1.165) is 55.7 Å². The van der Waals surface area contributed by atoms with Gasteiger partial charge in [0.2, 0.25) is 0 Å². The van der Waals surface area contributed by atoms with E-state index in [2.05, 4.69) is 28.2 Å². The third kappa shape index (κ3) is 5.35. The van der Waals surface area contributed by atoms with Crippen LogP contribution in [0.15, 0.2) is 29.3 Å². The Balaban J connectivity index is 0.00000300. The number of benzene rings is 1. The Morgan fingerprint density at radius 2 is 2.03 bits per heavy atom. The fourth-order valence-corrected chi connectivity index (χ4v) is 4.71. The van der Waals surface area contributed by atoms with Gasteiger partial charge >= 0.3 is 5.97 Å². The number of carbonyl (C=O) groups excluding carboxylic acids is 1. The topological polar surface area (TPSA) is 63.2 Å². The molecule has 2 aliphatic heterocycles. The van der Waals surface area contributed by atoms with Gasteiger partial charge in [0.15, 0.2) is 5.96 Å². The molecule has 6 nitrogen and oxygen atoms in total. The van der Waals surface area contributed by atoms with E-state index in [1.54, 1.807) is 7.05 Å². The van der Waals surface area contributed by atoms with Crippen molar-refractivity contribution in [3.8, 4) is 0 Å². The zero-order valence-corrected chi connectivity index (χ0v) is 20.4. The molecule has 1 aromatic carbocycles. The van der Waals surface area contributed by atoms with Gasteiger partial charge < -0.3 is 19.7 Å². The summed E-state index contributed by atoms with van der Waals surface area (Å²) < 4.78 is 10.6. The minimum absolute atomic E-state index is 0. The van der Waals surface area contributed by atoms with Crippen molar-refractivity contribution in [1.29, 1.82) is 0 Å². The zero-order chi connectivity index (χ0) is 20.1. The molecule has 0 aromatic heterocycles. The summed E-state index contributed by atoms with van der Waals surface area (Å²) in [6, 6.07) is 8.06. The first-order valence-corrected chi connectivity index (χ1v) is 10.2. The van der Waals surface area contributed by atoms with Crippen LogP contribution in [-0.2, 0) is 19.7 Å². The van der Waals surface area contributed by atoms with Crippen LogP contribution in [-0.4, -0.2) is 63.8 Å². The van der Waals surface area contributed by atoms with Crippen LogP contribution in [0.5, 0.6) is 0 Å². The minimum Gasteiger partial charge on any atom is -0.469 e. The van der Waals surface area contributed by atoms with Crippen LogP contribution in [0.2, 0.25) is 5.02 Å². The van der Waals surface area contributed by atoms with Crippen molar-refractivity contribution in [2.75, 3.05) is 47.0 Å². The molecule has 3 rings (SSSR count). The van der Waals surface area contributed by atoms with Crippen LogP contribution in [0.1, 0.15) is 25.3 Å². The van der Waals surface area contributed by atoms with Crippen molar-refractivity contribution in [1.82, 2.24) is 10.2 Å². The molecule has 8 heteroatoms. The first-order chi connectivity index (χ1) is 13.5. The van der Waals surface area contributed by atoms with Gasteiger partial charge in [0.25, 0.3) is 0 Å². The second kappa shape index (κ2) is 10.8. The van der Waals surface area contributed by atoms with Crippen LogP contribution in [0, 0.1) is 11.8 Å². The Kier molecular flexibility index (Phi) is 9.03. The lowest BCUT2D eigenvalue weighted by molar-refractivity contribution is -0.145. The first-order valence-electron chi connectivity index (χ1n) is 9.87. The van der Waals surface area contributed by atoms with Crippen LogP contribution in [0.4, 0.5) is 0 Å². The Morgan fingerprint density at radius 1 is 1.34 bits per heavy atom. The van der Waals surface area contributed by atoms with Gasteiger partial charge in [0.05, 0.1) is 13.0 Å². The molecule has 2 atom stereocenters. The highest BCUT2D eigenvalue weighted by molar-refractivity contribution is 14.0. The normalized spacial score (nSPS) is 24.0. The van der Waals surface area contributed by atoms with Gasteiger partial charge in [-0.15, -0.1) is 24.0 Å². The van der Waals surface area contributed by atoms with Crippen molar-refractivity contribution < 1.29 is 14.3 Å². The van der Waals surface area contributed by atoms with Gasteiger partial charge in [-0.1, -0.05) is 36.7 Å². The van der Waals surface area contributed by atoms with E-state index in [0.29, 0.717) is 6.54 Å². The van der Waals surface area contributed by atoms with E-state index >= 15 is 0 Å². The van der Waals surface area contributed by atoms with Crippen LogP contribution < -0.4 is 5.32 Å². The predicted octanol–water partition coefficient (Wildman–Crippen LogP) is 3.32. The third-order valence-electron chi connectivity index (χ3n) is 6.11. The lowest BCUT2D eigenvalue weighted by Gasteiger charge is -2.39. The monoisotopic (exact) mass is 535 g/mol. The number of hydrogen-bond donors (Lipinski definition) is 1. The standard InChI is InChI=1S/C21H30ClN3O3.HI/c1-15-12-25(13-16(15)19(26)27-3)20(23-2)24-14-21(8-10-28-11-9-21)17-6-4-5-7-18(17)22;/h4-7,15-16H,8-14H2,1-3H3,(H,23,24);1H. The molecular weight excluding hydrogens is 505 g/mol. The third-order valence-corrected chi connectivity index (χ3v) is 6.44. The molecule has 2 unspecified atom stereocenters. The predicted molar refractivity (Wildman–Crippen MR) is 126 cm³/mol. The second-order valence-electron chi connectivity index (χ2n) is 7.79. The summed E-state index contributed by atoms with van der Waals surface area (Å²) in [5.41, 5.74) is 1.06. The van der Waals surface area contributed by atoms with Gasteiger partial charge in [-0.05, 0) is 30.4 Å². The number of esters is 1. The number of carbonyl (C=O) groups is 1. The SMILES string of the molecule is CN=C(NCC1(c2ccccc2Cl)CCOCC1)N1CC(C)C(C(=O)OC)C1.I. The highest BCUT2D eigenvalue weighted by Crippen LogP contribution is 2.38. The molecular formula is C21H31ClIN3O3. The number of halogens is 2. The fourth-order valence-electron chi connectivity index (χ4n) is 4.37. The number of hydrogen-bond acceptors (Lipinski definition) is 4. The number of nitrogens with one attached hydrogen (secondary N) is 1. The number of nitrogens with zero attached hydrogens (tertiary/aromatic N) is 2. The van der Waals surface area contributed by atoms with Crippen molar-refractivity contribution in [3.63, 3.8) is 0 Å². The molecule has 162 valence electrons. The molecule has 2 heterocycles. The van der Waals surface area contributed by atoms with Gasteiger partial charge in [0, 0.05) is 50.3 Å². The quantitative estimate of drug-likeness (QED) is 0.277. The maximum atomic E-state index is 12.0. The molecule has 29 heavy (non-hydrogen) atoms. The van der Waals surface area contributed by atoms with E-state index in [1.807, 2.05) is 18.2 Å². The number of rotatable bonds is 4. The lowest BCUT2D eigenvalue weighted by atomic mass is 9.74. The van der Waals surface area contributed by atoms with E-state index in [9.17, 15) is 4.79 Å². The molecule has 1 N–H and O–H groups in total. The summed E-state index contributed by atoms with van der Waals surface area (Å²) in [7, 11) is 3.23. The molecule has 1 aromatic rings. The van der Waals surface area contributed by atoms with E-state index < -0.39 is 0 Å². The zero-order valence-electron chi connectivity index (χ0n) is 17.3. The average Bonchev–Trinajstić information content (AvgIpc) is 3.10. The molecule has 0 bridgehead atoms. The van der Waals surface area contributed by atoms with Gasteiger partial charge in [-0.3, -0.25) is 9.79 Å². The molecule has 0 radical (unpaired) electrons. The molecule has 0 saturated carbocycles. The second-order valence-corrected chi connectivity index (χ2v) is 8.19. The Morgan fingerprint density at radius 3 is 2.66 bits per heavy atom. The first kappa shape index (κ1) is 24.2. The molecule has 2 saturated heterocycles. The van der Waals surface area contributed by atoms with E-state index in [-0.39, 0.29) is 47.2 Å². The number of aliphatic imine (C=N–C) groups is 1. The van der Waals surface area contributed by atoms with Gasteiger partial charge in [-0.2, -0.15) is 0 Å². The van der Waals surface area contributed by atoms with Crippen molar-refractivity contribution >= 4 is 47.5 Å². The van der Waals surface area contributed by atoms with Crippen molar-refractivity contribution in [2.24, 2.45) is 16.8 Å². The van der Waals surface area contributed by atoms with E-state index in [4.69, 9.17) is 21.1 Å². The van der Waals surface area contributed by atoms with Gasteiger partial charge in [0.1, 0.15) is 0 Å². The number of methoxy groups -OCH3 is 1. The lowest BCUT2D eigenvalue weighted by Crippen LogP contribution is -2.49. The van der Waals surface area contributed by atoms with E-state index in [1.165, 1.54) is 7.11 Å². The highest BCUT2D eigenvalue weighted by Gasteiger charge is 2.39. The summed E-state index contributed by atoms with van der Waals surface area (Å²) in [6.45, 7) is 5.64. The minimum atomic E-state index is -0.151. The molecule has 2 fully saturated rings. The number of likely N-dealkylation sites (tertiary alicyclic amines) is 1. The van der Waals surface area contributed by atoms with Crippen LogP contribution in [0.25, 0.3) is 0 Å². The van der Waals surface area contributed by atoms with Crippen LogP contribution >= 0.6 is 35.6 Å². The van der Waals surface area contributed by atoms with Crippen molar-refractivity contribution in [2.45, 2.75) is 25.2 Å². The Labute approximate surface area is 195 Å². The maximum Gasteiger partial charge on any atom is 0.310 e. The molecule has 0 amide bonds. The average molecular weight is 536 g/mol. The summed E-state index contributed by atoms with van der Waals surface area (Å²) in [4.78, 5) is 18.6. The van der Waals surface area contributed by atoms with Gasteiger partial charge in [-0.25, -0.2) is 0 Å². The molecule has 0 spiro atoms. The summed E-state index contributed by atoms with van der Waals surface area (Å²) in [6.07, 6.45) is 1.81. The Bertz CT molecular complexity index is 725. The smallest absolute Gasteiger partial charge is 0.310 e. The summed E-state index contributed by atoms with van der Waals surface area (Å²) in [5, 5.41) is 4.35. The summed E-state index contributed by atoms with van der Waals surface area (Å²) in [5.74, 6) is 0.773. The number of guanidine groups is 1. The largest absolute Gasteiger partial charge is 0.469 e. The van der Waals surface area contributed by atoms with Crippen LogP contribution in [0.3, 0.4) is 0 Å². The van der Waals surface area contributed by atoms with Crippen molar-refractivity contribution in [3.05, 3.63) is 34.9 Å². The fraction of sp³-hybridized carbons (Fsp3) is 0.619. The molecule has 0 aliphatic carbocycles. The maximum absolute atomic E-state index is 12.0. The Hall–Kier alpha value is -1.06.